The van der Waals surface area contributed by atoms with Gasteiger partial charge in [0.05, 0.1) is 5.57 Å². The maximum atomic E-state index is 10.4. The summed E-state index contributed by atoms with van der Waals surface area (Å²) in [4.78, 5) is 14.2. The summed E-state index contributed by atoms with van der Waals surface area (Å²) in [5.41, 5.74) is 0.257. The first kappa shape index (κ1) is 7.47. The highest BCUT2D eigenvalue weighted by atomic mass is 16.4. The van der Waals surface area contributed by atoms with Crippen molar-refractivity contribution in [3.63, 3.8) is 0 Å². The molecule has 56 valence electrons. The third-order valence-corrected chi connectivity index (χ3v) is 1.14. The molecule has 1 rings (SSSR count). The first-order valence-corrected chi connectivity index (χ1v) is 3.10. The molecule has 3 nitrogen and oxygen atoms in total. The van der Waals surface area contributed by atoms with Gasteiger partial charge in [0.15, 0.2) is 0 Å². The first-order chi connectivity index (χ1) is 5.30. The summed E-state index contributed by atoms with van der Waals surface area (Å²) < 4.78 is 0. The maximum absolute atomic E-state index is 10.4. The van der Waals surface area contributed by atoms with E-state index >= 15 is 0 Å². The number of carboxylic acid groups (broad SMARTS) is 1. The molecule has 0 unspecified atom stereocenters. The summed E-state index contributed by atoms with van der Waals surface area (Å²) in [6.45, 7) is 0. The van der Waals surface area contributed by atoms with Gasteiger partial charge in [-0.25, -0.2) is 4.79 Å². The summed E-state index contributed by atoms with van der Waals surface area (Å²) in [6, 6.07) is 0. The normalized spacial score (nSPS) is 28.9. The number of rotatable bonds is 1. The van der Waals surface area contributed by atoms with E-state index in [9.17, 15) is 4.79 Å². The lowest BCUT2D eigenvalue weighted by molar-refractivity contribution is -0.132. The predicted octanol–water partition coefficient (Wildman–Crippen LogP) is 1.15. The van der Waals surface area contributed by atoms with Crippen molar-refractivity contribution in [1.82, 2.24) is 0 Å². The minimum atomic E-state index is -0.929. The highest BCUT2D eigenvalue weighted by molar-refractivity contribution is 5.91. The molecule has 1 aliphatic heterocycles. The topological polar surface area (TPSA) is 49.7 Å². The summed E-state index contributed by atoms with van der Waals surface area (Å²) in [7, 11) is 0. The number of nitrogens with zero attached hydrogens (tertiary/aromatic N) is 1. The second-order valence-corrected chi connectivity index (χ2v) is 1.93. The van der Waals surface area contributed by atoms with E-state index < -0.39 is 5.97 Å². The second-order valence-electron chi connectivity index (χ2n) is 1.93. The van der Waals surface area contributed by atoms with Crippen LogP contribution in [0.1, 0.15) is 0 Å². The molecule has 0 bridgehead atoms. The average Bonchev–Trinajstić information content (AvgIpc) is 1.84. The molecule has 0 saturated carbocycles. The first-order valence-electron chi connectivity index (χ1n) is 3.10. The monoisotopic (exact) mass is 149 g/mol. The Kier molecular flexibility index (Phi) is 2.38. The van der Waals surface area contributed by atoms with Crippen molar-refractivity contribution in [2.45, 2.75) is 0 Å². The molecule has 0 spiro atoms. The lowest BCUT2D eigenvalue weighted by Gasteiger charge is -1.91. The largest absolute Gasteiger partial charge is 0.478 e. The van der Waals surface area contributed by atoms with Gasteiger partial charge >= 0.3 is 5.97 Å². The van der Waals surface area contributed by atoms with E-state index in [0.29, 0.717) is 0 Å². The number of hydrogen-bond donors (Lipinski definition) is 1. The van der Waals surface area contributed by atoms with E-state index in [1.54, 1.807) is 12.2 Å². The molecule has 0 aliphatic carbocycles. The molecule has 0 amide bonds. The van der Waals surface area contributed by atoms with Crippen molar-refractivity contribution < 1.29 is 9.90 Å². The van der Waals surface area contributed by atoms with Crippen molar-refractivity contribution in [1.29, 1.82) is 0 Å². The molecule has 1 N–H and O–H groups in total. The van der Waals surface area contributed by atoms with Gasteiger partial charge in [-0.3, -0.25) is 4.99 Å². The molecule has 11 heavy (non-hydrogen) atoms. The number of aliphatic imine (C=N–C) groups is 1. The van der Waals surface area contributed by atoms with E-state index in [0.717, 1.165) is 0 Å². The van der Waals surface area contributed by atoms with Crippen molar-refractivity contribution >= 4 is 12.2 Å². The number of carboxylic acids is 1. The molecule has 3 heteroatoms. The zero-order chi connectivity index (χ0) is 8.10. The maximum Gasteiger partial charge on any atom is 0.335 e. The van der Waals surface area contributed by atoms with Crippen molar-refractivity contribution in [2.24, 2.45) is 4.99 Å². The molecule has 0 aromatic carbocycles. The molecule has 0 aromatic heterocycles. The highest BCUT2D eigenvalue weighted by Crippen LogP contribution is 1.99. The zero-order valence-corrected chi connectivity index (χ0v) is 5.77. The van der Waals surface area contributed by atoms with E-state index in [2.05, 4.69) is 4.99 Å². The fourth-order valence-electron chi connectivity index (χ4n) is 0.641. The van der Waals surface area contributed by atoms with Crippen LogP contribution < -0.4 is 0 Å². The van der Waals surface area contributed by atoms with E-state index in [1.165, 1.54) is 24.6 Å². The molecular formula is C8H7NO2. The van der Waals surface area contributed by atoms with Gasteiger partial charge in [-0.1, -0.05) is 0 Å². The second kappa shape index (κ2) is 3.51. The van der Waals surface area contributed by atoms with Crippen LogP contribution in [0.5, 0.6) is 0 Å². The predicted molar refractivity (Wildman–Crippen MR) is 42.5 cm³/mol. The third kappa shape index (κ3) is 2.21. The lowest BCUT2D eigenvalue weighted by atomic mass is 10.2. The van der Waals surface area contributed by atoms with Crippen LogP contribution in [0.25, 0.3) is 0 Å². The van der Waals surface area contributed by atoms with Crippen LogP contribution in [0.3, 0.4) is 0 Å². The molecule has 0 aromatic rings. The molecule has 0 radical (unpaired) electrons. The number of hydrogen-bond acceptors (Lipinski definition) is 2. The van der Waals surface area contributed by atoms with Crippen LogP contribution in [0.2, 0.25) is 0 Å². The fourth-order valence-corrected chi connectivity index (χ4v) is 0.641. The smallest absolute Gasteiger partial charge is 0.335 e. The SMILES string of the molecule is O=C(O)C1=C/C=C\N=C/C=C\1. The van der Waals surface area contributed by atoms with Gasteiger partial charge in [0.1, 0.15) is 0 Å². The Hall–Kier alpha value is -1.64. The van der Waals surface area contributed by atoms with Crippen LogP contribution >= 0.6 is 0 Å². The van der Waals surface area contributed by atoms with Gasteiger partial charge < -0.3 is 5.11 Å². The Morgan fingerprint density at radius 3 is 3.00 bits per heavy atom. The standard InChI is InChI=1S/C8H7NO2/c10-8(11)7-3-1-5-9-6-2-4-7/h1-6H,(H,10,11)/b3-1-,4-2?,5-1?,6-2-,7-3?,7-4+,9-5-,9-6?. The Balaban J connectivity index is 2.87. The van der Waals surface area contributed by atoms with Gasteiger partial charge in [0, 0.05) is 12.4 Å². The van der Waals surface area contributed by atoms with Crippen molar-refractivity contribution in [3.8, 4) is 0 Å². The Morgan fingerprint density at radius 2 is 2.27 bits per heavy atom. The zero-order valence-electron chi connectivity index (χ0n) is 5.77. The average molecular weight is 149 g/mol. The molecule has 0 atom stereocenters. The van der Waals surface area contributed by atoms with Crippen LogP contribution in [-0.2, 0) is 4.79 Å². The highest BCUT2D eigenvalue weighted by Gasteiger charge is 1.99. The van der Waals surface area contributed by atoms with Crippen LogP contribution in [0, 0.1) is 0 Å². The van der Waals surface area contributed by atoms with E-state index in [1.807, 2.05) is 0 Å². The molecule has 1 heterocycles. The van der Waals surface area contributed by atoms with E-state index in [-0.39, 0.29) is 5.57 Å². The molecule has 1 aliphatic rings. The lowest BCUT2D eigenvalue weighted by Crippen LogP contribution is -1.97. The summed E-state index contributed by atoms with van der Waals surface area (Å²) in [5.74, 6) is -0.929. The van der Waals surface area contributed by atoms with Gasteiger partial charge in [0.2, 0.25) is 0 Å². The fraction of sp³-hybridized carbons (Fsp3) is 0. The van der Waals surface area contributed by atoms with Gasteiger partial charge in [0.25, 0.3) is 0 Å². The van der Waals surface area contributed by atoms with Crippen molar-refractivity contribution in [3.05, 3.63) is 36.1 Å². The van der Waals surface area contributed by atoms with Crippen molar-refractivity contribution in [2.75, 3.05) is 0 Å². The summed E-state index contributed by atoms with van der Waals surface area (Å²) in [5, 5.41) is 8.56. The minimum Gasteiger partial charge on any atom is -0.478 e. The van der Waals surface area contributed by atoms with Gasteiger partial charge in [-0.15, -0.1) is 0 Å². The molecular weight excluding hydrogens is 142 g/mol. The summed E-state index contributed by atoms with van der Waals surface area (Å²) in [6.07, 6.45) is 9.23. The van der Waals surface area contributed by atoms with Crippen LogP contribution in [0.4, 0.5) is 0 Å². The number of allylic oxidation sites excluding steroid dienone is 3. The Bertz CT molecular complexity index is 272. The van der Waals surface area contributed by atoms with Gasteiger partial charge in [-0.05, 0) is 24.3 Å². The van der Waals surface area contributed by atoms with Crippen LogP contribution in [-0.4, -0.2) is 17.3 Å². The minimum absolute atomic E-state index is 0.257. The summed E-state index contributed by atoms with van der Waals surface area (Å²) >= 11 is 0. The van der Waals surface area contributed by atoms with E-state index in [4.69, 9.17) is 5.11 Å². The number of aliphatic carboxylic acids is 1. The Labute approximate surface area is 64.1 Å². The molecule has 0 fully saturated rings. The molecule has 0 saturated heterocycles. The third-order valence-electron chi connectivity index (χ3n) is 1.14. The van der Waals surface area contributed by atoms with Gasteiger partial charge in [-0.2, -0.15) is 0 Å². The Morgan fingerprint density at radius 1 is 1.45 bits per heavy atom. The van der Waals surface area contributed by atoms with Crippen LogP contribution in [0.15, 0.2) is 41.1 Å². The number of carbonyl (C=O) groups is 1. The quantitative estimate of drug-likeness (QED) is 0.608.